The minimum absolute atomic E-state index is 0.00118. The molecule has 3 N–H and O–H groups in total. The Hall–Kier alpha value is -3.36. The van der Waals surface area contributed by atoms with E-state index in [-0.39, 0.29) is 27.6 Å². The van der Waals surface area contributed by atoms with Gasteiger partial charge in [-0.3, -0.25) is 9.52 Å². The van der Waals surface area contributed by atoms with Crippen LogP contribution >= 0.6 is 15.9 Å². The molecule has 0 saturated carbocycles. The molecule has 1 aromatic heterocycles. The first-order valence-electron chi connectivity index (χ1n) is 8.01. The van der Waals surface area contributed by atoms with Crippen LogP contribution < -0.4 is 15.2 Å². The molecule has 2 aromatic carbocycles. The molecule has 11 heteroatoms. The van der Waals surface area contributed by atoms with Crippen LogP contribution in [0.25, 0.3) is 0 Å². The number of anilines is 2. The number of nitrogens with zero attached hydrogens (tertiary/aromatic N) is 3. The van der Waals surface area contributed by atoms with E-state index >= 15 is 0 Å². The number of nitrogens with two attached hydrogens (primary N) is 1. The SMILES string of the molecule is COc1ccc(C(=O)n2ncc(C#N)c2N)cc1S(=O)(=O)Nc1ccc(Br)cc1. The summed E-state index contributed by atoms with van der Waals surface area (Å²) in [6.45, 7) is 0. The van der Waals surface area contributed by atoms with Gasteiger partial charge in [0.25, 0.3) is 15.9 Å². The number of hydrogen-bond acceptors (Lipinski definition) is 7. The van der Waals surface area contributed by atoms with Crippen LogP contribution in [0.5, 0.6) is 5.75 Å². The minimum atomic E-state index is -4.07. The zero-order valence-electron chi connectivity index (χ0n) is 15.0. The molecule has 9 nitrogen and oxygen atoms in total. The number of halogens is 1. The number of hydrogen-bond donors (Lipinski definition) is 2. The second kappa shape index (κ2) is 7.94. The maximum absolute atomic E-state index is 12.9. The standard InChI is InChI=1S/C18H14BrN5O4S/c1-28-15-7-2-11(18(25)24-17(21)12(9-20)10-22-24)8-16(15)29(26,27)23-14-5-3-13(19)4-6-14/h2-8,10,23H,21H2,1H3. The van der Waals surface area contributed by atoms with Gasteiger partial charge in [0.2, 0.25) is 0 Å². The molecule has 3 aromatic rings. The van der Waals surface area contributed by atoms with E-state index in [0.717, 1.165) is 21.4 Å². The van der Waals surface area contributed by atoms with Gasteiger partial charge in [-0.1, -0.05) is 15.9 Å². The molecule has 0 aliphatic carbocycles. The highest BCUT2D eigenvalue weighted by molar-refractivity contribution is 9.10. The number of benzene rings is 2. The van der Waals surface area contributed by atoms with Crippen LogP contribution in [-0.2, 0) is 10.0 Å². The predicted octanol–water partition coefficient (Wildman–Crippen LogP) is 2.60. The Morgan fingerprint density at radius 2 is 1.97 bits per heavy atom. The second-order valence-electron chi connectivity index (χ2n) is 5.75. The fourth-order valence-electron chi connectivity index (χ4n) is 2.48. The third kappa shape index (κ3) is 4.08. The highest BCUT2D eigenvalue weighted by atomic mass is 79.9. The third-order valence-electron chi connectivity index (χ3n) is 3.92. The van der Waals surface area contributed by atoms with Crippen molar-refractivity contribution in [3.8, 4) is 11.8 Å². The molecule has 148 valence electrons. The Balaban J connectivity index is 2.02. The average molecular weight is 476 g/mol. The lowest BCUT2D eigenvalue weighted by Crippen LogP contribution is -2.18. The van der Waals surface area contributed by atoms with Crippen LogP contribution in [0.2, 0.25) is 0 Å². The van der Waals surface area contributed by atoms with Crippen molar-refractivity contribution in [1.29, 1.82) is 5.26 Å². The van der Waals surface area contributed by atoms with E-state index in [1.165, 1.54) is 19.2 Å². The van der Waals surface area contributed by atoms with E-state index in [9.17, 15) is 13.2 Å². The summed E-state index contributed by atoms with van der Waals surface area (Å²) in [6, 6.07) is 12.2. The summed E-state index contributed by atoms with van der Waals surface area (Å²) in [4.78, 5) is 12.5. The molecule has 0 bridgehead atoms. The molecular formula is C18H14BrN5O4S. The number of aromatic nitrogens is 2. The largest absolute Gasteiger partial charge is 0.495 e. The van der Waals surface area contributed by atoms with Crippen molar-refractivity contribution in [3.05, 3.63) is 64.3 Å². The maximum atomic E-state index is 12.9. The van der Waals surface area contributed by atoms with Crippen molar-refractivity contribution in [2.75, 3.05) is 17.6 Å². The summed E-state index contributed by atoms with van der Waals surface area (Å²) < 4.78 is 35.0. The number of nitrogen functional groups attached to an aromatic ring is 1. The lowest BCUT2D eigenvalue weighted by atomic mass is 10.2. The smallest absolute Gasteiger partial charge is 0.280 e. The van der Waals surface area contributed by atoms with E-state index in [0.29, 0.717) is 5.69 Å². The van der Waals surface area contributed by atoms with Crippen molar-refractivity contribution in [2.45, 2.75) is 4.90 Å². The second-order valence-corrected chi connectivity index (χ2v) is 8.32. The van der Waals surface area contributed by atoms with Crippen LogP contribution in [-0.4, -0.2) is 31.2 Å². The number of sulfonamides is 1. The Morgan fingerprint density at radius 1 is 1.28 bits per heavy atom. The quantitative estimate of drug-likeness (QED) is 0.577. The van der Waals surface area contributed by atoms with E-state index in [1.54, 1.807) is 24.3 Å². The summed E-state index contributed by atoms with van der Waals surface area (Å²) >= 11 is 3.28. The van der Waals surface area contributed by atoms with Gasteiger partial charge in [0.05, 0.1) is 13.3 Å². The number of methoxy groups -OCH3 is 1. The summed E-state index contributed by atoms with van der Waals surface area (Å²) in [5.74, 6) is -0.769. The Bertz CT molecular complexity index is 1230. The Kier molecular flexibility index (Phi) is 5.58. The molecule has 0 atom stereocenters. The summed E-state index contributed by atoms with van der Waals surface area (Å²) in [6.07, 6.45) is 1.16. The minimum Gasteiger partial charge on any atom is -0.495 e. The summed E-state index contributed by atoms with van der Waals surface area (Å²) in [5.41, 5.74) is 6.12. The topological polar surface area (TPSA) is 140 Å². The molecule has 3 rings (SSSR count). The Morgan fingerprint density at radius 3 is 2.55 bits per heavy atom. The maximum Gasteiger partial charge on any atom is 0.280 e. The first kappa shape index (κ1) is 20.4. The number of carbonyl (C=O) groups excluding carboxylic acids is 1. The molecular weight excluding hydrogens is 462 g/mol. The molecule has 0 fully saturated rings. The normalized spacial score (nSPS) is 10.9. The van der Waals surface area contributed by atoms with Gasteiger partial charge in [-0.05, 0) is 42.5 Å². The van der Waals surface area contributed by atoms with Gasteiger partial charge >= 0.3 is 0 Å². The van der Waals surface area contributed by atoms with Crippen LogP contribution in [0.3, 0.4) is 0 Å². The van der Waals surface area contributed by atoms with Crippen LogP contribution in [0, 0.1) is 11.3 Å². The zero-order valence-corrected chi connectivity index (χ0v) is 17.4. The molecule has 0 saturated heterocycles. The number of nitriles is 1. The molecule has 0 unspecified atom stereocenters. The summed E-state index contributed by atoms with van der Waals surface area (Å²) in [5, 5.41) is 12.8. The van der Waals surface area contributed by atoms with Gasteiger partial charge in [0.15, 0.2) is 0 Å². The summed E-state index contributed by atoms with van der Waals surface area (Å²) in [7, 11) is -2.75. The van der Waals surface area contributed by atoms with Gasteiger partial charge in [-0.25, -0.2) is 8.42 Å². The fourth-order valence-corrected chi connectivity index (χ4v) is 3.99. The third-order valence-corrected chi connectivity index (χ3v) is 5.85. The zero-order chi connectivity index (χ0) is 21.2. The molecule has 0 amide bonds. The molecule has 29 heavy (non-hydrogen) atoms. The van der Waals surface area contributed by atoms with Crippen molar-refractivity contribution in [1.82, 2.24) is 9.78 Å². The molecule has 1 heterocycles. The number of carbonyl (C=O) groups is 1. The first-order valence-corrected chi connectivity index (χ1v) is 10.3. The molecule has 0 aliphatic rings. The molecule has 0 radical (unpaired) electrons. The van der Waals surface area contributed by atoms with E-state index in [4.69, 9.17) is 15.7 Å². The Labute approximate surface area is 174 Å². The van der Waals surface area contributed by atoms with Gasteiger partial charge in [-0.15, -0.1) is 0 Å². The van der Waals surface area contributed by atoms with E-state index < -0.39 is 15.9 Å². The number of nitrogens with one attached hydrogen (secondary N) is 1. The average Bonchev–Trinajstić information content (AvgIpc) is 3.09. The van der Waals surface area contributed by atoms with Gasteiger partial charge in [0.1, 0.15) is 28.1 Å². The highest BCUT2D eigenvalue weighted by Crippen LogP contribution is 2.28. The predicted molar refractivity (Wildman–Crippen MR) is 109 cm³/mol. The van der Waals surface area contributed by atoms with E-state index in [1.807, 2.05) is 6.07 Å². The molecule has 0 spiro atoms. The van der Waals surface area contributed by atoms with Gasteiger partial charge in [-0.2, -0.15) is 15.0 Å². The van der Waals surface area contributed by atoms with Crippen LogP contribution in [0.1, 0.15) is 15.9 Å². The lowest BCUT2D eigenvalue weighted by Gasteiger charge is -2.13. The highest BCUT2D eigenvalue weighted by Gasteiger charge is 2.24. The molecule has 0 aliphatic heterocycles. The van der Waals surface area contributed by atoms with Crippen LogP contribution in [0.15, 0.2) is 58.0 Å². The van der Waals surface area contributed by atoms with Crippen molar-refractivity contribution < 1.29 is 17.9 Å². The fraction of sp³-hybridized carbons (Fsp3) is 0.0556. The van der Waals surface area contributed by atoms with Gasteiger partial charge in [0, 0.05) is 15.7 Å². The van der Waals surface area contributed by atoms with Gasteiger partial charge < -0.3 is 10.5 Å². The van der Waals surface area contributed by atoms with Crippen molar-refractivity contribution >= 4 is 43.4 Å². The number of ether oxygens (including phenoxy) is 1. The van der Waals surface area contributed by atoms with Crippen molar-refractivity contribution in [3.63, 3.8) is 0 Å². The van der Waals surface area contributed by atoms with E-state index in [2.05, 4.69) is 25.8 Å². The lowest BCUT2D eigenvalue weighted by molar-refractivity contribution is 0.0947. The number of rotatable bonds is 5. The van der Waals surface area contributed by atoms with Crippen molar-refractivity contribution in [2.24, 2.45) is 0 Å². The first-order chi connectivity index (χ1) is 13.8. The van der Waals surface area contributed by atoms with Crippen LogP contribution in [0.4, 0.5) is 11.5 Å². The monoisotopic (exact) mass is 475 g/mol.